The first-order chi connectivity index (χ1) is 7.55. The normalized spacial score (nSPS) is 28.2. The quantitative estimate of drug-likeness (QED) is 0.706. The Balaban J connectivity index is 3.09. The number of Topliss-reactive ketones (excluding diaryl/α,β-unsaturated/α-hetero) is 1. The van der Waals surface area contributed by atoms with Crippen molar-refractivity contribution in [3.05, 3.63) is 0 Å². The predicted octanol–water partition coefficient (Wildman–Crippen LogP) is 2.49. The zero-order chi connectivity index (χ0) is 13.4. The molecule has 0 amide bonds. The second kappa shape index (κ2) is 4.69. The zero-order valence-electron chi connectivity index (χ0n) is 12.3. The number of hydrogen-bond donors (Lipinski definition) is 0. The summed E-state index contributed by atoms with van der Waals surface area (Å²) in [4.78, 5) is 14.2. The second-order valence-electron chi connectivity index (χ2n) is 7.12. The van der Waals surface area contributed by atoms with Gasteiger partial charge in [-0.25, -0.2) is 0 Å². The number of ether oxygens (including phenoxy) is 1. The van der Waals surface area contributed by atoms with Crippen LogP contribution in [0.3, 0.4) is 0 Å². The molecule has 0 aromatic rings. The first-order valence-corrected chi connectivity index (χ1v) is 6.42. The van der Waals surface area contributed by atoms with E-state index in [0.717, 1.165) is 0 Å². The Morgan fingerprint density at radius 1 is 1.12 bits per heavy atom. The summed E-state index contributed by atoms with van der Waals surface area (Å²) < 4.78 is 5.65. The van der Waals surface area contributed by atoms with E-state index in [1.165, 1.54) is 0 Å². The fourth-order valence-corrected chi connectivity index (χ4v) is 2.58. The van der Waals surface area contributed by atoms with Crippen LogP contribution in [0.1, 0.15) is 48.5 Å². The van der Waals surface area contributed by atoms with Crippen molar-refractivity contribution in [1.29, 1.82) is 0 Å². The van der Waals surface area contributed by atoms with E-state index in [-0.39, 0.29) is 28.8 Å². The van der Waals surface area contributed by atoms with Crippen LogP contribution in [0.2, 0.25) is 0 Å². The van der Waals surface area contributed by atoms with Gasteiger partial charge in [-0.05, 0) is 33.1 Å². The lowest BCUT2D eigenvalue weighted by Gasteiger charge is -2.52. The molecule has 1 fully saturated rings. The molecular formula is C14H27NO2. The highest BCUT2D eigenvalue weighted by molar-refractivity contribution is 5.81. The predicted molar refractivity (Wildman–Crippen MR) is 70.1 cm³/mol. The van der Waals surface area contributed by atoms with Crippen molar-refractivity contribution >= 4 is 5.78 Å². The van der Waals surface area contributed by atoms with Gasteiger partial charge in [0.25, 0.3) is 0 Å². The Hall–Kier alpha value is -0.410. The summed E-state index contributed by atoms with van der Waals surface area (Å²) in [6.07, 6.45) is 0. The molecule has 0 aliphatic carbocycles. The van der Waals surface area contributed by atoms with Gasteiger partial charge < -0.3 is 4.74 Å². The van der Waals surface area contributed by atoms with E-state index in [2.05, 4.69) is 46.4 Å². The molecule has 1 aliphatic rings. The average Bonchev–Trinajstić information content (AvgIpc) is 2.13. The largest absolute Gasteiger partial charge is 0.378 e. The summed E-state index contributed by atoms with van der Waals surface area (Å²) in [5.41, 5.74) is 0.0967. The maximum Gasteiger partial charge on any atom is 0.149 e. The number of carbonyl (C=O) groups is 1. The lowest BCUT2D eigenvalue weighted by molar-refractivity contribution is -0.149. The van der Waals surface area contributed by atoms with E-state index in [9.17, 15) is 4.79 Å². The molecule has 1 aliphatic heterocycles. The monoisotopic (exact) mass is 241 g/mol. The van der Waals surface area contributed by atoms with Crippen molar-refractivity contribution in [3.8, 4) is 0 Å². The van der Waals surface area contributed by atoms with Gasteiger partial charge in [-0.3, -0.25) is 9.69 Å². The minimum Gasteiger partial charge on any atom is -0.378 e. The molecular weight excluding hydrogens is 214 g/mol. The maximum atomic E-state index is 11.8. The van der Waals surface area contributed by atoms with Gasteiger partial charge in [0, 0.05) is 11.6 Å². The van der Waals surface area contributed by atoms with Crippen molar-refractivity contribution in [1.82, 2.24) is 4.90 Å². The van der Waals surface area contributed by atoms with Gasteiger partial charge >= 0.3 is 0 Å². The van der Waals surface area contributed by atoms with Gasteiger partial charge in [0.05, 0.1) is 19.3 Å². The molecule has 3 heteroatoms. The molecule has 0 aromatic heterocycles. The van der Waals surface area contributed by atoms with E-state index >= 15 is 0 Å². The van der Waals surface area contributed by atoms with Crippen LogP contribution in [-0.4, -0.2) is 41.5 Å². The first-order valence-electron chi connectivity index (χ1n) is 6.42. The molecule has 100 valence electrons. The Morgan fingerprint density at radius 3 is 2.00 bits per heavy atom. The Bertz CT molecular complexity index is 286. The highest BCUT2D eigenvalue weighted by Crippen LogP contribution is 2.34. The minimum atomic E-state index is -0.104. The van der Waals surface area contributed by atoms with Gasteiger partial charge in [-0.2, -0.15) is 0 Å². The molecule has 0 aromatic carbocycles. The van der Waals surface area contributed by atoms with Crippen molar-refractivity contribution in [2.24, 2.45) is 5.41 Å². The van der Waals surface area contributed by atoms with Crippen LogP contribution in [-0.2, 0) is 9.53 Å². The summed E-state index contributed by atoms with van der Waals surface area (Å²) in [6, 6.07) is 0.179. The molecule has 1 heterocycles. The van der Waals surface area contributed by atoms with Crippen molar-refractivity contribution in [2.45, 2.75) is 66.1 Å². The highest BCUT2D eigenvalue weighted by Gasteiger charge is 2.44. The molecule has 0 spiro atoms. The summed E-state index contributed by atoms with van der Waals surface area (Å²) >= 11 is 0. The van der Waals surface area contributed by atoms with Crippen molar-refractivity contribution in [3.63, 3.8) is 0 Å². The lowest BCUT2D eigenvalue weighted by atomic mass is 9.81. The van der Waals surface area contributed by atoms with Crippen LogP contribution < -0.4 is 0 Å². The third kappa shape index (κ3) is 3.29. The fraction of sp³-hybridized carbons (Fsp3) is 0.929. The van der Waals surface area contributed by atoms with Crippen LogP contribution in [0.25, 0.3) is 0 Å². The van der Waals surface area contributed by atoms with E-state index < -0.39 is 0 Å². The van der Waals surface area contributed by atoms with Gasteiger partial charge in [0.15, 0.2) is 0 Å². The molecule has 2 unspecified atom stereocenters. The number of carbonyl (C=O) groups excluding carboxylic acids is 1. The van der Waals surface area contributed by atoms with Gasteiger partial charge in [0.2, 0.25) is 0 Å². The van der Waals surface area contributed by atoms with Crippen molar-refractivity contribution in [2.75, 3.05) is 13.2 Å². The molecule has 17 heavy (non-hydrogen) atoms. The summed E-state index contributed by atoms with van der Waals surface area (Å²) in [6.45, 7) is 16.1. The Morgan fingerprint density at radius 2 is 1.65 bits per heavy atom. The molecule has 0 saturated carbocycles. The van der Waals surface area contributed by atoms with Gasteiger partial charge in [-0.15, -0.1) is 0 Å². The number of rotatable bonds is 1. The highest BCUT2D eigenvalue weighted by atomic mass is 16.5. The standard InChI is InChI=1S/C14H27NO2/c1-10(16)11-8-17-9-12(13(2,3)4)15(11)14(5,6)7/h11-12H,8-9H2,1-7H3. The molecule has 0 N–H and O–H groups in total. The van der Waals surface area contributed by atoms with E-state index in [4.69, 9.17) is 4.74 Å². The smallest absolute Gasteiger partial charge is 0.149 e. The first kappa shape index (κ1) is 14.7. The molecule has 2 atom stereocenters. The number of ketones is 1. The molecule has 0 radical (unpaired) electrons. The van der Waals surface area contributed by atoms with Gasteiger partial charge in [0.1, 0.15) is 5.78 Å². The SMILES string of the molecule is CC(=O)C1COCC(C(C)(C)C)N1C(C)(C)C. The summed E-state index contributed by atoms with van der Waals surface area (Å²) in [7, 11) is 0. The van der Waals surface area contributed by atoms with Crippen LogP contribution in [0.15, 0.2) is 0 Å². The lowest BCUT2D eigenvalue weighted by Crippen LogP contribution is -2.65. The summed E-state index contributed by atoms with van der Waals surface area (Å²) in [5.74, 6) is 0.203. The van der Waals surface area contributed by atoms with Crippen LogP contribution in [0.5, 0.6) is 0 Å². The van der Waals surface area contributed by atoms with Crippen molar-refractivity contribution < 1.29 is 9.53 Å². The fourth-order valence-electron chi connectivity index (χ4n) is 2.58. The molecule has 0 bridgehead atoms. The number of nitrogens with zero attached hydrogens (tertiary/aromatic N) is 1. The third-order valence-electron chi connectivity index (χ3n) is 3.47. The van der Waals surface area contributed by atoms with Crippen LogP contribution in [0.4, 0.5) is 0 Å². The summed E-state index contributed by atoms with van der Waals surface area (Å²) in [5, 5.41) is 0. The number of morpholine rings is 1. The van der Waals surface area contributed by atoms with Crippen LogP contribution in [0, 0.1) is 5.41 Å². The molecule has 1 saturated heterocycles. The maximum absolute atomic E-state index is 11.8. The third-order valence-corrected chi connectivity index (χ3v) is 3.47. The Kier molecular flexibility index (Phi) is 4.04. The molecule has 3 nitrogen and oxygen atoms in total. The second-order valence-corrected chi connectivity index (χ2v) is 7.12. The minimum absolute atomic E-state index is 0.0158. The molecule has 1 rings (SSSR count). The zero-order valence-corrected chi connectivity index (χ0v) is 12.3. The number of hydrogen-bond acceptors (Lipinski definition) is 3. The van der Waals surface area contributed by atoms with E-state index in [1.54, 1.807) is 6.92 Å². The van der Waals surface area contributed by atoms with E-state index in [1.807, 2.05) is 0 Å². The topological polar surface area (TPSA) is 29.5 Å². The van der Waals surface area contributed by atoms with Crippen LogP contribution >= 0.6 is 0 Å². The van der Waals surface area contributed by atoms with E-state index in [0.29, 0.717) is 13.2 Å². The Labute approximate surface area is 106 Å². The average molecular weight is 241 g/mol. The van der Waals surface area contributed by atoms with Gasteiger partial charge in [-0.1, -0.05) is 20.8 Å².